The van der Waals surface area contributed by atoms with Crippen LogP contribution in [0.1, 0.15) is 34.2 Å². The lowest BCUT2D eigenvalue weighted by atomic mass is 9.87. The molecule has 138 valence electrons. The van der Waals surface area contributed by atoms with Crippen molar-refractivity contribution in [3.05, 3.63) is 58.6 Å². The number of carbonyl (C=O) groups is 1. The van der Waals surface area contributed by atoms with Gasteiger partial charge in [0.2, 0.25) is 0 Å². The van der Waals surface area contributed by atoms with Gasteiger partial charge < -0.3 is 14.2 Å². The molecule has 27 heavy (non-hydrogen) atoms. The fourth-order valence-electron chi connectivity index (χ4n) is 4.00. The molecule has 0 atom stereocenters. The van der Waals surface area contributed by atoms with Crippen LogP contribution in [0.4, 0.5) is 0 Å². The van der Waals surface area contributed by atoms with Gasteiger partial charge in [0.25, 0.3) is 5.91 Å². The van der Waals surface area contributed by atoms with Crippen molar-refractivity contribution in [1.82, 2.24) is 19.4 Å². The van der Waals surface area contributed by atoms with Crippen LogP contribution < -0.4 is 4.74 Å². The number of benzene rings is 1. The van der Waals surface area contributed by atoms with Gasteiger partial charge in [0.15, 0.2) is 0 Å². The molecular formula is C20H20N4O2S. The molecule has 0 N–H and O–H groups in total. The molecule has 0 unspecified atom stereocenters. The van der Waals surface area contributed by atoms with Crippen LogP contribution in [0.2, 0.25) is 0 Å². The van der Waals surface area contributed by atoms with Gasteiger partial charge in [-0.1, -0.05) is 12.1 Å². The number of hydrogen-bond donors (Lipinski definition) is 0. The highest BCUT2D eigenvalue weighted by Gasteiger charge is 2.41. The quantitative estimate of drug-likeness (QED) is 0.650. The summed E-state index contributed by atoms with van der Waals surface area (Å²) in [6.45, 7) is 3.25. The second-order valence-corrected chi connectivity index (χ2v) is 8.25. The van der Waals surface area contributed by atoms with E-state index >= 15 is 0 Å². The smallest absolute Gasteiger partial charge is 0.273 e. The Morgan fingerprint density at radius 1 is 1.26 bits per heavy atom. The molecule has 1 fully saturated rings. The predicted molar refractivity (Wildman–Crippen MR) is 103 cm³/mol. The lowest BCUT2D eigenvalue weighted by Gasteiger charge is -2.40. The maximum absolute atomic E-state index is 12.7. The largest absolute Gasteiger partial charge is 0.484 e. The molecule has 0 radical (unpaired) electrons. The van der Waals surface area contributed by atoms with Gasteiger partial charge in [0.05, 0.1) is 10.7 Å². The first-order chi connectivity index (χ1) is 13.1. The highest BCUT2D eigenvalue weighted by molar-refractivity contribution is 7.09. The molecule has 2 aliphatic heterocycles. The van der Waals surface area contributed by atoms with Crippen molar-refractivity contribution in [2.24, 2.45) is 0 Å². The molecule has 7 heteroatoms. The highest BCUT2D eigenvalue weighted by atomic mass is 32.1. The Morgan fingerprint density at radius 3 is 2.85 bits per heavy atom. The number of amides is 1. The summed E-state index contributed by atoms with van der Waals surface area (Å²) in [7, 11) is 0. The fraction of sp³-hybridized carbons (Fsp3) is 0.350. The second-order valence-electron chi connectivity index (χ2n) is 7.19. The van der Waals surface area contributed by atoms with Crippen molar-refractivity contribution in [1.29, 1.82) is 0 Å². The third kappa shape index (κ3) is 2.82. The monoisotopic (exact) mass is 380 g/mol. The van der Waals surface area contributed by atoms with Gasteiger partial charge in [-0.05, 0) is 19.1 Å². The van der Waals surface area contributed by atoms with E-state index in [9.17, 15) is 4.79 Å². The van der Waals surface area contributed by atoms with Crippen molar-refractivity contribution in [3.63, 3.8) is 0 Å². The second kappa shape index (κ2) is 6.20. The van der Waals surface area contributed by atoms with Crippen LogP contribution >= 0.6 is 11.3 Å². The van der Waals surface area contributed by atoms with Gasteiger partial charge in [-0.3, -0.25) is 4.79 Å². The van der Waals surface area contributed by atoms with E-state index in [4.69, 9.17) is 4.74 Å². The fourth-order valence-corrected chi connectivity index (χ4v) is 4.59. The lowest BCUT2D eigenvalue weighted by Crippen LogP contribution is -2.51. The summed E-state index contributed by atoms with van der Waals surface area (Å²) in [5, 5.41) is 2.76. The third-order valence-electron chi connectivity index (χ3n) is 5.45. The van der Waals surface area contributed by atoms with Crippen molar-refractivity contribution in [3.8, 4) is 11.4 Å². The average molecular weight is 380 g/mol. The van der Waals surface area contributed by atoms with E-state index in [1.807, 2.05) is 47.8 Å². The van der Waals surface area contributed by atoms with E-state index in [0.29, 0.717) is 18.8 Å². The number of thiazole rings is 1. The number of piperidine rings is 1. The predicted octanol–water partition coefficient (Wildman–Crippen LogP) is 3.25. The first-order valence-electron chi connectivity index (χ1n) is 9.16. The van der Waals surface area contributed by atoms with Gasteiger partial charge in [0.1, 0.15) is 22.9 Å². The third-order valence-corrected chi connectivity index (χ3v) is 6.22. The van der Waals surface area contributed by atoms with Crippen LogP contribution in [0.15, 0.2) is 42.0 Å². The molecule has 2 aliphatic rings. The molecule has 1 saturated heterocycles. The molecule has 0 bridgehead atoms. The zero-order valence-electron chi connectivity index (χ0n) is 15.1. The Hall–Kier alpha value is -2.67. The zero-order valence-corrected chi connectivity index (χ0v) is 15.9. The van der Waals surface area contributed by atoms with E-state index in [-0.39, 0.29) is 11.5 Å². The van der Waals surface area contributed by atoms with E-state index in [2.05, 4.69) is 20.6 Å². The van der Waals surface area contributed by atoms with Crippen LogP contribution in [0.25, 0.3) is 5.69 Å². The number of fused-ring (bicyclic) bond motifs is 3. The molecule has 3 aromatic rings. The highest BCUT2D eigenvalue weighted by Crippen LogP contribution is 2.38. The Morgan fingerprint density at radius 2 is 2.07 bits per heavy atom. The molecule has 4 heterocycles. The first-order valence-corrected chi connectivity index (χ1v) is 10.0. The average Bonchev–Trinajstić information content (AvgIpc) is 3.29. The Kier molecular flexibility index (Phi) is 3.79. The van der Waals surface area contributed by atoms with Crippen molar-refractivity contribution >= 4 is 17.2 Å². The Bertz CT molecular complexity index is 1000. The van der Waals surface area contributed by atoms with Crippen molar-refractivity contribution in [2.45, 2.75) is 31.8 Å². The molecule has 2 aromatic heterocycles. The van der Waals surface area contributed by atoms with E-state index in [1.165, 1.54) is 11.3 Å². The summed E-state index contributed by atoms with van der Waals surface area (Å²) in [6.07, 6.45) is 6.13. The van der Waals surface area contributed by atoms with Gasteiger partial charge in [-0.25, -0.2) is 9.97 Å². The van der Waals surface area contributed by atoms with Gasteiger partial charge >= 0.3 is 0 Å². The molecule has 6 nitrogen and oxygen atoms in total. The minimum Gasteiger partial charge on any atom is -0.484 e. The number of nitrogens with zero attached hydrogens (tertiary/aromatic N) is 4. The number of ether oxygens (including phenoxy) is 1. The summed E-state index contributed by atoms with van der Waals surface area (Å²) < 4.78 is 8.66. The Balaban J connectivity index is 1.40. The van der Waals surface area contributed by atoms with Crippen LogP contribution in [0, 0.1) is 6.92 Å². The number of rotatable bonds is 1. The van der Waals surface area contributed by atoms with E-state index in [0.717, 1.165) is 41.5 Å². The van der Waals surface area contributed by atoms with E-state index < -0.39 is 0 Å². The molecule has 5 rings (SSSR count). The topological polar surface area (TPSA) is 60.2 Å². The summed E-state index contributed by atoms with van der Waals surface area (Å²) in [4.78, 5) is 23.5. The molecule has 1 amide bonds. The SMILES string of the molecule is Cc1nc(C(=O)N2CCC3(CC2)Cc2nccn2-c2ccccc2O3)cs1. The van der Waals surface area contributed by atoms with Gasteiger partial charge in [-0.15, -0.1) is 11.3 Å². The van der Waals surface area contributed by atoms with Crippen LogP contribution in [0.3, 0.4) is 0 Å². The standard InChI is InChI=1S/C20H20N4O2S/c1-14-22-15(13-27-14)19(25)23-9-6-20(7-10-23)12-18-21-8-11-24(18)16-4-2-3-5-17(16)26-20/h2-5,8,11,13H,6-7,9-10,12H2,1H3. The number of likely N-dealkylation sites (tertiary alicyclic amines) is 1. The number of carbonyl (C=O) groups excluding carboxylic acids is 1. The lowest BCUT2D eigenvalue weighted by molar-refractivity contribution is 0.00467. The van der Waals surface area contributed by atoms with Gasteiger partial charge in [0, 0.05) is 50.1 Å². The number of imidazole rings is 1. The molecule has 0 aliphatic carbocycles. The van der Waals surface area contributed by atoms with Crippen LogP contribution in [0.5, 0.6) is 5.75 Å². The maximum Gasteiger partial charge on any atom is 0.273 e. The number of aryl methyl sites for hydroxylation is 1. The molecular weight excluding hydrogens is 360 g/mol. The van der Waals surface area contributed by atoms with Crippen molar-refractivity contribution in [2.75, 3.05) is 13.1 Å². The number of para-hydroxylation sites is 2. The number of hydrogen-bond acceptors (Lipinski definition) is 5. The molecule has 1 aromatic carbocycles. The minimum absolute atomic E-state index is 0.0183. The van der Waals surface area contributed by atoms with Crippen LogP contribution in [-0.4, -0.2) is 44.0 Å². The molecule has 1 spiro atoms. The summed E-state index contributed by atoms with van der Waals surface area (Å²) in [5.41, 5.74) is 1.25. The van der Waals surface area contributed by atoms with Crippen molar-refractivity contribution < 1.29 is 9.53 Å². The summed E-state index contributed by atoms with van der Waals surface area (Å²) in [5.74, 6) is 1.91. The maximum atomic E-state index is 12.7. The van der Waals surface area contributed by atoms with Crippen LogP contribution in [-0.2, 0) is 6.42 Å². The van der Waals surface area contributed by atoms with E-state index in [1.54, 1.807) is 0 Å². The zero-order chi connectivity index (χ0) is 18.4. The summed E-state index contributed by atoms with van der Waals surface area (Å²) >= 11 is 1.51. The molecule has 0 saturated carbocycles. The summed E-state index contributed by atoms with van der Waals surface area (Å²) in [6, 6.07) is 8.09. The minimum atomic E-state index is -0.329. The van der Waals surface area contributed by atoms with Gasteiger partial charge in [-0.2, -0.15) is 0 Å². The Labute approximate surface area is 161 Å². The first kappa shape index (κ1) is 16.5. The normalized spacial score (nSPS) is 17.7. The number of aromatic nitrogens is 3.